The fourth-order valence-corrected chi connectivity index (χ4v) is 2.47. The number of nitrogens with zero attached hydrogens (tertiary/aromatic N) is 1. The average Bonchev–Trinajstić information content (AvgIpc) is 2.59. The number of fused-ring (bicyclic) bond motifs is 1. The predicted octanol–water partition coefficient (Wildman–Crippen LogP) is 2.60. The third kappa shape index (κ3) is 4.50. The minimum absolute atomic E-state index is 0.0126. The topological polar surface area (TPSA) is 67.9 Å². The van der Waals surface area contributed by atoms with Crippen LogP contribution in [0.4, 0.5) is 5.69 Å². The Morgan fingerprint density at radius 2 is 1.92 bits per heavy atom. The summed E-state index contributed by atoms with van der Waals surface area (Å²) >= 11 is 0. The van der Waals surface area contributed by atoms with E-state index in [1.54, 1.807) is 25.1 Å². The highest BCUT2D eigenvalue weighted by Gasteiger charge is 2.18. The second kappa shape index (κ2) is 8.38. The predicted molar refractivity (Wildman–Crippen MR) is 92.4 cm³/mol. The van der Waals surface area contributed by atoms with Gasteiger partial charge in [-0.1, -0.05) is 13.0 Å². The largest absolute Gasteiger partial charge is 0.486 e. The summed E-state index contributed by atoms with van der Waals surface area (Å²) in [6, 6.07) is 5.25. The molecule has 0 unspecified atom stereocenters. The molecule has 1 heterocycles. The molecule has 1 aromatic carbocycles. The van der Waals surface area contributed by atoms with Gasteiger partial charge in [-0.25, -0.2) is 0 Å². The van der Waals surface area contributed by atoms with Crippen LogP contribution in [0.5, 0.6) is 11.5 Å². The number of benzene rings is 1. The molecule has 0 spiro atoms. The summed E-state index contributed by atoms with van der Waals surface area (Å²) in [5.74, 6) is 0.928. The maximum absolute atomic E-state index is 12.3. The molecule has 2 rings (SSSR count). The average molecular weight is 332 g/mol. The lowest BCUT2D eigenvalue weighted by atomic mass is 10.2. The van der Waals surface area contributed by atoms with Crippen LogP contribution in [0, 0.1) is 0 Å². The minimum Gasteiger partial charge on any atom is -0.486 e. The van der Waals surface area contributed by atoms with Crippen molar-refractivity contribution in [1.82, 2.24) is 4.90 Å². The van der Waals surface area contributed by atoms with Crippen LogP contribution in [0.25, 0.3) is 0 Å². The second-order valence-electron chi connectivity index (χ2n) is 5.52. The molecule has 0 aliphatic carbocycles. The van der Waals surface area contributed by atoms with Crippen molar-refractivity contribution in [1.29, 1.82) is 0 Å². The van der Waals surface area contributed by atoms with Crippen molar-refractivity contribution in [3.05, 3.63) is 29.8 Å². The van der Waals surface area contributed by atoms with Crippen molar-refractivity contribution >= 4 is 17.5 Å². The molecule has 0 atom stereocenters. The van der Waals surface area contributed by atoms with Gasteiger partial charge in [0.2, 0.25) is 11.8 Å². The number of amides is 2. The maximum atomic E-state index is 12.3. The molecule has 1 aromatic rings. The van der Waals surface area contributed by atoms with Crippen molar-refractivity contribution in [3.8, 4) is 11.5 Å². The van der Waals surface area contributed by atoms with Crippen molar-refractivity contribution in [2.24, 2.45) is 0 Å². The number of likely N-dealkylation sites (N-methyl/N-ethyl adjacent to an activating group) is 1. The molecular weight excluding hydrogens is 308 g/mol. The van der Waals surface area contributed by atoms with Gasteiger partial charge in [0.25, 0.3) is 0 Å². The van der Waals surface area contributed by atoms with E-state index in [0.717, 1.165) is 6.42 Å². The van der Waals surface area contributed by atoms with E-state index in [-0.39, 0.29) is 18.4 Å². The molecule has 1 aliphatic heterocycles. The normalized spacial score (nSPS) is 13.4. The fourth-order valence-electron chi connectivity index (χ4n) is 2.47. The Bertz CT molecular complexity index is 640. The van der Waals surface area contributed by atoms with Gasteiger partial charge in [-0.3, -0.25) is 9.59 Å². The maximum Gasteiger partial charge on any atom is 0.249 e. The Hall–Kier alpha value is -2.50. The Kier molecular flexibility index (Phi) is 6.23. The second-order valence-corrected chi connectivity index (χ2v) is 5.52. The number of allylic oxidation sites excluding steroid dienone is 1. The van der Waals surface area contributed by atoms with Gasteiger partial charge in [-0.15, -0.1) is 0 Å². The van der Waals surface area contributed by atoms with Gasteiger partial charge >= 0.3 is 0 Å². The van der Waals surface area contributed by atoms with Gasteiger partial charge < -0.3 is 19.7 Å². The van der Waals surface area contributed by atoms with Crippen LogP contribution < -0.4 is 14.8 Å². The molecule has 24 heavy (non-hydrogen) atoms. The number of hydrogen-bond acceptors (Lipinski definition) is 4. The lowest BCUT2D eigenvalue weighted by Gasteiger charge is -2.21. The van der Waals surface area contributed by atoms with Gasteiger partial charge in [0.15, 0.2) is 11.5 Å². The Balaban J connectivity index is 1.99. The first kappa shape index (κ1) is 17.8. The molecule has 0 bridgehead atoms. The summed E-state index contributed by atoms with van der Waals surface area (Å²) in [6.07, 6.45) is 2.65. The number of carbonyl (C=O) groups excluding carboxylic acids is 2. The van der Waals surface area contributed by atoms with E-state index in [1.807, 2.05) is 19.9 Å². The number of rotatable bonds is 6. The van der Waals surface area contributed by atoms with Gasteiger partial charge in [0.05, 0.1) is 0 Å². The molecule has 0 fully saturated rings. The van der Waals surface area contributed by atoms with Gasteiger partial charge in [0.1, 0.15) is 19.8 Å². The van der Waals surface area contributed by atoms with E-state index >= 15 is 0 Å². The first-order chi connectivity index (χ1) is 11.5. The number of anilines is 1. The van der Waals surface area contributed by atoms with Crippen LogP contribution in [-0.2, 0) is 9.59 Å². The number of carbonyl (C=O) groups is 2. The zero-order valence-electron chi connectivity index (χ0n) is 14.4. The lowest BCUT2D eigenvalue weighted by Crippen LogP contribution is -2.38. The molecule has 1 N–H and O–H groups in total. The molecular formula is C18H24N2O4. The standard InChI is InChI=1S/C18H24N2O4/c1-4-6-13(3)18(22)20(5-2)12-17(21)19-14-7-8-15-16(11-14)24-10-9-23-15/h6-8,11H,4-5,9-10,12H2,1-3H3,(H,19,21)/b13-6-. The molecule has 0 radical (unpaired) electrons. The zero-order chi connectivity index (χ0) is 17.5. The number of nitrogens with one attached hydrogen (secondary N) is 1. The van der Waals surface area contributed by atoms with Crippen LogP contribution in [0.2, 0.25) is 0 Å². The van der Waals surface area contributed by atoms with Crippen LogP contribution in [0.15, 0.2) is 29.8 Å². The van der Waals surface area contributed by atoms with Crippen molar-refractivity contribution in [3.63, 3.8) is 0 Å². The summed E-state index contributed by atoms with van der Waals surface area (Å²) in [7, 11) is 0. The van der Waals surface area contributed by atoms with Crippen molar-refractivity contribution in [2.45, 2.75) is 27.2 Å². The summed E-state index contributed by atoms with van der Waals surface area (Å²) in [5, 5.41) is 2.79. The van der Waals surface area contributed by atoms with Gasteiger partial charge in [-0.2, -0.15) is 0 Å². The van der Waals surface area contributed by atoms with Gasteiger partial charge in [0, 0.05) is 23.9 Å². The summed E-state index contributed by atoms with van der Waals surface area (Å²) in [4.78, 5) is 26.0. The summed E-state index contributed by atoms with van der Waals surface area (Å²) in [5.41, 5.74) is 1.28. The van der Waals surface area contributed by atoms with Crippen molar-refractivity contribution in [2.75, 3.05) is 31.6 Å². The molecule has 1 aliphatic rings. The summed E-state index contributed by atoms with van der Waals surface area (Å²) < 4.78 is 10.9. The van der Waals surface area contributed by atoms with E-state index in [2.05, 4.69) is 5.32 Å². The first-order valence-electron chi connectivity index (χ1n) is 8.20. The lowest BCUT2D eigenvalue weighted by molar-refractivity contribution is -0.131. The number of ether oxygens (including phenoxy) is 2. The Morgan fingerprint density at radius 3 is 2.58 bits per heavy atom. The highest BCUT2D eigenvalue weighted by molar-refractivity contribution is 5.98. The fraction of sp³-hybridized carbons (Fsp3) is 0.444. The smallest absolute Gasteiger partial charge is 0.249 e. The monoisotopic (exact) mass is 332 g/mol. The molecule has 6 nitrogen and oxygen atoms in total. The third-order valence-corrected chi connectivity index (χ3v) is 3.68. The molecule has 0 saturated heterocycles. The van der Waals surface area contributed by atoms with Crippen LogP contribution in [-0.4, -0.2) is 43.0 Å². The van der Waals surface area contributed by atoms with Crippen LogP contribution >= 0.6 is 0 Å². The van der Waals surface area contributed by atoms with Crippen LogP contribution in [0.3, 0.4) is 0 Å². The van der Waals surface area contributed by atoms with Crippen LogP contribution in [0.1, 0.15) is 27.2 Å². The molecule has 6 heteroatoms. The summed E-state index contributed by atoms with van der Waals surface area (Å²) in [6.45, 7) is 7.10. The first-order valence-corrected chi connectivity index (χ1v) is 8.20. The molecule has 130 valence electrons. The SMILES string of the molecule is CC/C=C(/C)C(=O)N(CC)CC(=O)Nc1ccc2c(c1)OCCO2. The van der Waals surface area contributed by atoms with Gasteiger partial charge in [-0.05, 0) is 32.4 Å². The Labute approximate surface area is 142 Å². The van der Waals surface area contributed by atoms with E-state index in [9.17, 15) is 9.59 Å². The molecule has 0 saturated carbocycles. The number of hydrogen-bond donors (Lipinski definition) is 1. The van der Waals surface area contributed by atoms with E-state index in [4.69, 9.17) is 9.47 Å². The van der Waals surface area contributed by atoms with E-state index < -0.39 is 0 Å². The quantitative estimate of drug-likeness (QED) is 0.813. The minimum atomic E-state index is -0.244. The molecule has 0 aromatic heterocycles. The zero-order valence-corrected chi connectivity index (χ0v) is 14.4. The molecule has 2 amide bonds. The third-order valence-electron chi connectivity index (χ3n) is 3.68. The highest BCUT2D eigenvalue weighted by atomic mass is 16.6. The van der Waals surface area contributed by atoms with E-state index in [0.29, 0.717) is 42.5 Å². The van der Waals surface area contributed by atoms with Crippen molar-refractivity contribution < 1.29 is 19.1 Å². The Morgan fingerprint density at radius 1 is 1.21 bits per heavy atom. The van der Waals surface area contributed by atoms with E-state index in [1.165, 1.54) is 4.90 Å². The highest BCUT2D eigenvalue weighted by Crippen LogP contribution is 2.32.